The molecule has 86 valence electrons. The van der Waals surface area contributed by atoms with Crippen LogP contribution in [-0.4, -0.2) is 36.7 Å². The monoisotopic (exact) mass is 218 g/mol. The topological polar surface area (TPSA) is 47.3 Å². The second kappa shape index (κ2) is 8.41. The summed E-state index contributed by atoms with van der Waals surface area (Å²) in [7, 11) is 0.853. The van der Waals surface area contributed by atoms with Gasteiger partial charge in [-0.25, -0.2) is 0 Å². The first-order valence-corrected chi connectivity index (χ1v) is 6.40. The molecule has 4 heteroatoms. The lowest BCUT2D eigenvalue weighted by molar-refractivity contribution is 0.153. The molecule has 0 aliphatic rings. The molecule has 0 aliphatic heterocycles. The van der Waals surface area contributed by atoms with E-state index >= 15 is 0 Å². The standard InChI is InChI=1S/C10H26N2OSi/c1-3-10(2,9-13-14)5-4-7-12-8-6-11/h12H,3-9,11H2,1-2,14H3. The third-order valence-corrected chi connectivity index (χ3v) is 3.09. The van der Waals surface area contributed by atoms with Gasteiger partial charge in [0.05, 0.1) is 0 Å². The van der Waals surface area contributed by atoms with E-state index in [9.17, 15) is 0 Å². The van der Waals surface area contributed by atoms with Crippen LogP contribution in [-0.2, 0) is 4.43 Å². The fourth-order valence-electron chi connectivity index (χ4n) is 1.57. The van der Waals surface area contributed by atoms with Crippen LogP contribution >= 0.6 is 0 Å². The molecule has 0 aromatic heterocycles. The van der Waals surface area contributed by atoms with Gasteiger partial charge in [-0.2, -0.15) is 0 Å². The van der Waals surface area contributed by atoms with E-state index in [1.807, 2.05) is 0 Å². The van der Waals surface area contributed by atoms with Crippen LogP contribution in [0.4, 0.5) is 0 Å². The fraction of sp³-hybridized carbons (Fsp3) is 1.00. The molecule has 1 atom stereocenters. The Labute approximate surface area is 91.3 Å². The highest BCUT2D eigenvalue weighted by Gasteiger charge is 2.20. The van der Waals surface area contributed by atoms with Gasteiger partial charge in [0.15, 0.2) is 0 Å². The first kappa shape index (κ1) is 14.1. The zero-order valence-corrected chi connectivity index (χ0v) is 11.9. The van der Waals surface area contributed by atoms with Crippen LogP contribution in [0.15, 0.2) is 0 Å². The molecule has 0 heterocycles. The lowest BCUT2D eigenvalue weighted by atomic mass is 9.84. The van der Waals surface area contributed by atoms with Crippen molar-refractivity contribution < 1.29 is 4.43 Å². The van der Waals surface area contributed by atoms with Gasteiger partial charge in [0.25, 0.3) is 0 Å². The minimum absolute atomic E-state index is 0.381. The van der Waals surface area contributed by atoms with Crippen molar-refractivity contribution in [1.82, 2.24) is 5.32 Å². The van der Waals surface area contributed by atoms with E-state index in [0.29, 0.717) is 5.41 Å². The van der Waals surface area contributed by atoms with Crippen molar-refractivity contribution in [3.8, 4) is 0 Å². The summed E-state index contributed by atoms with van der Waals surface area (Å²) in [5, 5.41) is 3.32. The predicted octanol–water partition coefficient (Wildman–Crippen LogP) is 0.0282. The van der Waals surface area contributed by atoms with Gasteiger partial charge in [-0.15, -0.1) is 0 Å². The van der Waals surface area contributed by atoms with Gasteiger partial charge in [0.1, 0.15) is 10.5 Å². The first-order valence-electron chi connectivity index (χ1n) is 5.58. The third kappa shape index (κ3) is 6.54. The van der Waals surface area contributed by atoms with E-state index in [1.165, 1.54) is 19.3 Å². The van der Waals surface area contributed by atoms with Gasteiger partial charge < -0.3 is 15.5 Å². The quantitative estimate of drug-likeness (QED) is 0.424. The maximum atomic E-state index is 5.39. The summed E-state index contributed by atoms with van der Waals surface area (Å²) in [5.74, 6) is 0. The Balaban J connectivity index is 3.51. The second-order valence-electron chi connectivity index (χ2n) is 4.24. The SMILES string of the molecule is CCC(C)(CCCNCCN)CO[SiH3]. The van der Waals surface area contributed by atoms with Gasteiger partial charge in [-0.1, -0.05) is 13.8 Å². The molecule has 0 spiro atoms. The van der Waals surface area contributed by atoms with Crippen LogP contribution in [0.3, 0.4) is 0 Å². The Bertz CT molecular complexity index is 135. The van der Waals surface area contributed by atoms with E-state index in [2.05, 4.69) is 19.2 Å². The molecular weight excluding hydrogens is 192 g/mol. The number of hydrogen-bond donors (Lipinski definition) is 2. The zero-order chi connectivity index (χ0) is 10.9. The van der Waals surface area contributed by atoms with Crippen LogP contribution in [0.25, 0.3) is 0 Å². The Morgan fingerprint density at radius 2 is 2.14 bits per heavy atom. The van der Waals surface area contributed by atoms with Crippen molar-refractivity contribution >= 4 is 10.5 Å². The van der Waals surface area contributed by atoms with Gasteiger partial charge >= 0.3 is 0 Å². The molecule has 1 unspecified atom stereocenters. The average molecular weight is 218 g/mol. The minimum atomic E-state index is 0.381. The van der Waals surface area contributed by atoms with Gasteiger partial charge in [0.2, 0.25) is 0 Å². The predicted molar refractivity (Wildman–Crippen MR) is 65.4 cm³/mol. The van der Waals surface area contributed by atoms with Crippen molar-refractivity contribution in [2.45, 2.75) is 33.1 Å². The molecule has 0 aromatic rings. The summed E-state index contributed by atoms with van der Waals surface area (Å²) < 4.78 is 5.37. The molecule has 0 aliphatic carbocycles. The highest BCUT2D eigenvalue weighted by Crippen LogP contribution is 2.26. The van der Waals surface area contributed by atoms with E-state index in [-0.39, 0.29) is 0 Å². The molecule has 0 saturated carbocycles. The largest absolute Gasteiger partial charge is 0.427 e. The van der Waals surface area contributed by atoms with Gasteiger partial charge in [0, 0.05) is 19.7 Å². The summed E-state index contributed by atoms with van der Waals surface area (Å²) in [6.07, 6.45) is 3.66. The first-order chi connectivity index (χ1) is 6.68. The molecule has 0 amide bonds. The molecule has 0 saturated heterocycles. The average Bonchev–Trinajstić information content (AvgIpc) is 2.18. The zero-order valence-electron chi connectivity index (χ0n) is 9.94. The molecule has 0 rings (SSSR count). The highest BCUT2D eigenvalue weighted by molar-refractivity contribution is 5.97. The van der Waals surface area contributed by atoms with E-state index in [0.717, 1.165) is 36.7 Å². The van der Waals surface area contributed by atoms with E-state index in [1.54, 1.807) is 0 Å². The normalized spacial score (nSPS) is 15.6. The van der Waals surface area contributed by atoms with Gasteiger partial charge in [-0.3, -0.25) is 0 Å². The molecule has 3 N–H and O–H groups in total. The smallest absolute Gasteiger partial charge is 0.145 e. The molecule has 0 bridgehead atoms. The van der Waals surface area contributed by atoms with Crippen molar-refractivity contribution in [2.75, 3.05) is 26.2 Å². The summed E-state index contributed by atoms with van der Waals surface area (Å²) in [5.41, 5.74) is 5.77. The number of nitrogens with one attached hydrogen (secondary N) is 1. The van der Waals surface area contributed by atoms with Crippen LogP contribution in [0.5, 0.6) is 0 Å². The lowest BCUT2D eigenvalue weighted by Crippen LogP contribution is -2.27. The lowest BCUT2D eigenvalue weighted by Gasteiger charge is -2.27. The Morgan fingerprint density at radius 3 is 2.64 bits per heavy atom. The maximum Gasteiger partial charge on any atom is 0.145 e. The summed E-state index contributed by atoms with van der Waals surface area (Å²) in [6, 6.07) is 0. The van der Waals surface area contributed by atoms with E-state index in [4.69, 9.17) is 10.2 Å². The number of hydrogen-bond acceptors (Lipinski definition) is 3. The second-order valence-corrected chi connectivity index (χ2v) is 4.82. The third-order valence-electron chi connectivity index (χ3n) is 2.80. The summed E-state index contributed by atoms with van der Waals surface area (Å²) >= 11 is 0. The molecule has 0 fully saturated rings. The molecule has 0 aromatic carbocycles. The van der Waals surface area contributed by atoms with Crippen LogP contribution in [0.1, 0.15) is 33.1 Å². The van der Waals surface area contributed by atoms with Crippen LogP contribution in [0.2, 0.25) is 0 Å². The molecular formula is C10H26N2OSi. The fourth-order valence-corrected chi connectivity index (χ4v) is 2.26. The number of rotatable bonds is 9. The summed E-state index contributed by atoms with van der Waals surface area (Å²) in [4.78, 5) is 0. The van der Waals surface area contributed by atoms with Crippen LogP contribution in [0, 0.1) is 5.41 Å². The van der Waals surface area contributed by atoms with E-state index < -0.39 is 0 Å². The molecule has 0 radical (unpaired) electrons. The van der Waals surface area contributed by atoms with Crippen molar-refractivity contribution in [2.24, 2.45) is 11.1 Å². The molecule has 3 nitrogen and oxygen atoms in total. The minimum Gasteiger partial charge on any atom is -0.427 e. The van der Waals surface area contributed by atoms with Gasteiger partial charge in [-0.05, 0) is 31.2 Å². The maximum absolute atomic E-state index is 5.39. The summed E-state index contributed by atoms with van der Waals surface area (Å²) in [6.45, 7) is 8.22. The Hall–Kier alpha value is 0.0969. The molecule has 14 heavy (non-hydrogen) atoms. The van der Waals surface area contributed by atoms with Crippen molar-refractivity contribution in [3.05, 3.63) is 0 Å². The van der Waals surface area contributed by atoms with Crippen LogP contribution < -0.4 is 11.1 Å². The van der Waals surface area contributed by atoms with Crippen molar-refractivity contribution in [3.63, 3.8) is 0 Å². The highest BCUT2D eigenvalue weighted by atomic mass is 28.2. The number of nitrogens with two attached hydrogens (primary N) is 1. The Kier molecular flexibility index (Phi) is 8.47. The van der Waals surface area contributed by atoms with Crippen molar-refractivity contribution in [1.29, 1.82) is 0 Å². The Morgan fingerprint density at radius 1 is 1.43 bits per heavy atom.